The summed E-state index contributed by atoms with van der Waals surface area (Å²) in [6, 6.07) is 8.32. The van der Waals surface area contributed by atoms with Gasteiger partial charge in [-0.3, -0.25) is 4.99 Å². The number of nitrogens with zero attached hydrogens (tertiary/aromatic N) is 1. The van der Waals surface area contributed by atoms with E-state index in [1.807, 2.05) is 6.07 Å². The fourth-order valence-electron chi connectivity index (χ4n) is 1.37. The number of hydrogen-bond acceptors (Lipinski definition) is 3. The number of benzene rings is 1. The maximum absolute atomic E-state index is 4.43. The van der Waals surface area contributed by atoms with Crippen LogP contribution < -0.4 is 5.32 Å². The van der Waals surface area contributed by atoms with Crippen molar-refractivity contribution in [2.75, 3.05) is 13.1 Å². The van der Waals surface area contributed by atoms with Crippen LogP contribution in [0.4, 0.5) is 0 Å². The molecule has 16 heavy (non-hydrogen) atoms. The number of thioether (sulfide) groups is 1. The highest BCUT2D eigenvalue weighted by Gasteiger charge is 2.05. The summed E-state index contributed by atoms with van der Waals surface area (Å²) in [7, 11) is 0. The van der Waals surface area contributed by atoms with E-state index >= 15 is 0 Å². The van der Waals surface area contributed by atoms with Gasteiger partial charge in [0.05, 0.1) is 0 Å². The summed E-state index contributed by atoms with van der Waals surface area (Å²) in [5.41, 5.74) is 1.32. The van der Waals surface area contributed by atoms with Gasteiger partial charge >= 0.3 is 0 Å². The number of rotatable bonds is 2. The van der Waals surface area contributed by atoms with E-state index in [0.717, 1.165) is 30.4 Å². The van der Waals surface area contributed by atoms with Gasteiger partial charge in [-0.25, -0.2) is 0 Å². The fraction of sp³-hybridized carbons (Fsp3) is 0.364. The van der Waals surface area contributed by atoms with Crippen LogP contribution >= 0.6 is 44.7 Å². The van der Waals surface area contributed by atoms with Crippen LogP contribution in [0.1, 0.15) is 12.0 Å². The van der Waals surface area contributed by atoms with Gasteiger partial charge in [0, 0.05) is 23.3 Å². The quantitative estimate of drug-likeness (QED) is 0.865. The van der Waals surface area contributed by atoms with Gasteiger partial charge in [0.25, 0.3) is 0 Å². The van der Waals surface area contributed by atoms with E-state index in [2.05, 4.69) is 44.4 Å². The first-order chi connectivity index (χ1) is 7.36. The molecule has 0 aromatic heterocycles. The lowest BCUT2D eigenvalue weighted by Crippen LogP contribution is -2.26. The Morgan fingerprint density at radius 2 is 2.19 bits per heavy atom. The van der Waals surface area contributed by atoms with Crippen molar-refractivity contribution < 1.29 is 0 Å². The zero-order chi connectivity index (χ0) is 10.5. The first-order valence-electron chi connectivity index (χ1n) is 5.01. The molecule has 0 unspecified atom stereocenters. The molecule has 1 aliphatic heterocycles. The first kappa shape index (κ1) is 14.1. The van der Waals surface area contributed by atoms with Crippen LogP contribution in [0, 0.1) is 0 Å². The second-order valence-electron chi connectivity index (χ2n) is 3.35. The van der Waals surface area contributed by atoms with Gasteiger partial charge in [0.15, 0.2) is 5.17 Å². The van der Waals surface area contributed by atoms with Crippen LogP contribution in [-0.4, -0.2) is 18.3 Å². The first-order valence-corrected chi connectivity index (χ1v) is 6.78. The summed E-state index contributed by atoms with van der Waals surface area (Å²) in [5.74, 6) is 0.966. The lowest BCUT2D eigenvalue weighted by molar-refractivity contribution is 0.751. The second kappa shape index (κ2) is 7.35. The number of nitrogens with one attached hydrogen (secondary N) is 1. The highest BCUT2D eigenvalue weighted by molar-refractivity contribution is 9.10. The van der Waals surface area contributed by atoms with Gasteiger partial charge in [-0.1, -0.05) is 45.9 Å². The van der Waals surface area contributed by atoms with Crippen LogP contribution in [0.5, 0.6) is 0 Å². The summed E-state index contributed by atoms with van der Waals surface area (Å²) in [6.45, 7) is 2.02. The molecular weight excluding hydrogens is 352 g/mol. The Balaban J connectivity index is 0.00000128. The van der Waals surface area contributed by atoms with Crippen molar-refractivity contribution in [3.8, 4) is 0 Å². The molecule has 0 radical (unpaired) electrons. The third-order valence-electron chi connectivity index (χ3n) is 2.19. The summed E-state index contributed by atoms with van der Waals surface area (Å²) < 4.78 is 1.17. The highest BCUT2D eigenvalue weighted by Crippen LogP contribution is 2.21. The Hall–Kier alpha value is -0.000000000000000111. The molecule has 1 N–H and O–H groups in total. The molecule has 0 fully saturated rings. The van der Waals surface area contributed by atoms with Gasteiger partial charge in [-0.15, -0.1) is 17.0 Å². The van der Waals surface area contributed by atoms with Gasteiger partial charge in [0.2, 0.25) is 0 Å². The van der Waals surface area contributed by atoms with E-state index < -0.39 is 0 Å². The zero-order valence-electron chi connectivity index (χ0n) is 8.78. The van der Waals surface area contributed by atoms with E-state index in [-0.39, 0.29) is 17.0 Å². The topological polar surface area (TPSA) is 24.4 Å². The molecule has 1 heterocycles. The molecular formula is C11H14Br2N2S. The zero-order valence-corrected chi connectivity index (χ0v) is 12.9. The predicted molar refractivity (Wildman–Crippen MR) is 80.7 cm³/mol. The lowest BCUT2D eigenvalue weighted by atomic mass is 10.2. The molecule has 0 amide bonds. The monoisotopic (exact) mass is 364 g/mol. The molecule has 0 aliphatic carbocycles. The van der Waals surface area contributed by atoms with Crippen molar-refractivity contribution in [2.45, 2.75) is 12.2 Å². The Bertz CT molecular complexity index is 369. The highest BCUT2D eigenvalue weighted by atomic mass is 79.9. The normalized spacial score (nSPS) is 14.7. The van der Waals surface area contributed by atoms with Crippen molar-refractivity contribution in [2.24, 2.45) is 4.99 Å². The number of halogens is 2. The third-order valence-corrected chi connectivity index (χ3v) is 3.96. The van der Waals surface area contributed by atoms with Crippen LogP contribution in [0.2, 0.25) is 0 Å². The molecule has 0 saturated carbocycles. The third kappa shape index (κ3) is 4.11. The van der Waals surface area contributed by atoms with E-state index in [1.54, 1.807) is 11.8 Å². The molecule has 1 aromatic rings. The van der Waals surface area contributed by atoms with Crippen molar-refractivity contribution >= 4 is 49.8 Å². The van der Waals surface area contributed by atoms with Crippen molar-refractivity contribution in [3.63, 3.8) is 0 Å². The summed E-state index contributed by atoms with van der Waals surface area (Å²) >= 11 is 5.32. The average Bonchev–Trinajstić information content (AvgIpc) is 2.29. The maximum atomic E-state index is 4.43. The molecule has 2 nitrogen and oxygen atoms in total. The Morgan fingerprint density at radius 3 is 2.88 bits per heavy atom. The van der Waals surface area contributed by atoms with E-state index in [0.29, 0.717) is 0 Å². The minimum atomic E-state index is 0. The second-order valence-corrected chi connectivity index (χ2v) is 5.17. The van der Waals surface area contributed by atoms with Crippen LogP contribution in [0.3, 0.4) is 0 Å². The molecule has 1 aliphatic rings. The van der Waals surface area contributed by atoms with Crippen LogP contribution in [0.25, 0.3) is 0 Å². The van der Waals surface area contributed by atoms with E-state index in [9.17, 15) is 0 Å². The van der Waals surface area contributed by atoms with Gasteiger partial charge in [-0.05, 0) is 18.1 Å². The average molecular weight is 366 g/mol. The summed E-state index contributed by atoms with van der Waals surface area (Å²) in [4.78, 5) is 4.43. The largest absolute Gasteiger partial charge is 0.365 e. The standard InChI is InChI=1S/C11H13BrN2S.BrH/c12-10-5-2-1-4-9(10)8-15-11-13-6-3-7-14-11;/h1-2,4-5H,3,6-8H2,(H,13,14);1H. The van der Waals surface area contributed by atoms with E-state index in [4.69, 9.17) is 0 Å². The Morgan fingerprint density at radius 1 is 1.38 bits per heavy atom. The summed E-state index contributed by atoms with van der Waals surface area (Å²) in [6.07, 6.45) is 1.15. The molecule has 0 saturated heterocycles. The molecule has 1 aromatic carbocycles. The number of hydrogen-bond donors (Lipinski definition) is 1. The lowest BCUT2D eigenvalue weighted by Gasteiger charge is -2.13. The SMILES string of the molecule is Br.Brc1ccccc1CSC1=NCCCN1. The molecule has 0 spiro atoms. The molecule has 2 rings (SSSR count). The minimum absolute atomic E-state index is 0. The van der Waals surface area contributed by atoms with Gasteiger partial charge in [0.1, 0.15) is 0 Å². The molecule has 0 atom stereocenters. The van der Waals surface area contributed by atoms with Crippen molar-refractivity contribution in [1.82, 2.24) is 5.32 Å². The molecule has 88 valence electrons. The van der Waals surface area contributed by atoms with Crippen molar-refractivity contribution in [1.29, 1.82) is 0 Å². The summed E-state index contributed by atoms with van der Waals surface area (Å²) in [5, 5.41) is 4.39. The van der Waals surface area contributed by atoms with E-state index in [1.165, 1.54) is 10.0 Å². The smallest absolute Gasteiger partial charge is 0.156 e. The fourth-order valence-corrected chi connectivity index (χ4v) is 2.91. The van der Waals surface area contributed by atoms with Crippen LogP contribution in [-0.2, 0) is 5.75 Å². The Labute approximate surface area is 119 Å². The molecule has 5 heteroatoms. The van der Waals surface area contributed by atoms with Gasteiger partial charge < -0.3 is 5.32 Å². The number of amidine groups is 1. The Kier molecular flexibility index (Phi) is 6.46. The van der Waals surface area contributed by atoms with Crippen LogP contribution in [0.15, 0.2) is 33.7 Å². The minimum Gasteiger partial charge on any atom is -0.365 e. The van der Waals surface area contributed by atoms with Crippen molar-refractivity contribution in [3.05, 3.63) is 34.3 Å². The van der Waals surface area contributed by atoms with Gasteiger partial charge in [-0.2, -0.15) is 0 Å². The predicted octanol–water partition coefficient (Wildman–Crippen LogP) is 3.61. The molecule has 0 bridgehead atoms. The maximum Gasteiger partial charge on any atom is 0.156 e. The number of aliphatic imine (C=N–C) groups is 1.